The van der Waals surface area contributed by atoms with Crippen LogP contribution in [0.5, 0.6) is 0 Å². The maximum absolute atomic E-state index is 13.5. The standard InChI is InChI=1S/C26H22ClN7O4/c27-18-6-9-22(34-15-29-31-32-34)17(14-18)5-10-23(35)33-13-11-21-20(2-1-12-28-21)24(33)25(36)30-19-7-3-16(4-8-19)26(37)38/h1-10,12,14-15,24,31-32H,11,13H2,(H,30,36)(H,37,38)/b10-5+. The molecule has 38 heavy (non-hydrogen) atoms. The summed E-state index contributed by atoms with van der Waals surface area (Å²) in [7, 11) is 0. The van der Waals surface area contributed by atoms with Crippen molar-refractivity contribution in [1.29, 1.82) is 0 Å². The Morgan fingerprint density at radius 1 is 1.13 bits per heavy atom. The van der Waals surface area contributed by atoms with E-state index in [-0.39, 0.29) is 18.0 Å². The monoisotopic (exact) mass is 531 g/mol. The summed E-state index contributed by atoms with van der Waals surface area (Å²) in [5, 5.41) is 18.0. The fraction of sp³-hybridized carbons (Fsp3) is 0.115. The zero-order chi connectivity index (χ0) is 26.6. The second-order valence-electron chi connectivity index (χ2n) is 8.47. The van der Waals surface area contributed by atoms with Gasteiger partial charge in [-0.25, -0.2) is 15.3 Å². The topological polar surface area (TPSA) is 139 Å². The van der Waals surface area contributed by atoms with E-state index in [9.17, 15) is 14.4 Å². The number of hydrogen-bond acceptors (Lipinski definition) is 8. The van der Waals surface area contributed by atoms with Crippen molar-refractivity contribution in [2.24, 2.45) is 5.10 Å². The highest BCUT2D eigenvalue weighted by atomic mass is 35.5. The molecule has 0 fully saturated rings. The molecule has 0 saturated carbocycles. The molecular formula is C26H22ClN7O4. The third-order valence-electron chi connectivity index (χ3n) is 6.11. The summed E-state index contributed by atoms with van der Waals surface area (Å²) >= 11 is 6.20. The minimum atomic E-state index is -1.06. The van der Waals surface area contributed by atoms with E-state index in [1.807, 2.05) is 0 Å². The molecule has 4 N–H and O–H groups in total. The predicted octanol–water partition coefficient (Wildman–Crippen LogP) is 2.98. The summed E-state index contributed by atoms with van der Waals surface area (Å²) < 4.78 is 0. The fourth-order valence-corrected chi connectivity index (χ4v) is 4.49. The number of carbonyl (C=O) groups is 3. The highest BCUT2D eigenvalue weighted by Gasteiger charge is 2.36. The number of halogens is 1. The van der Waals surface area contributed by atoms with Crippen LogP contribution < -0.4 is 21.4 Å². The van der Waals surface area contributed by atoms with Gasteiger partial charge in [-0.1, -0.05) is 17.7 Å². The van der Waals surface area contributed by atoms with E-state index in [0.29, 0.717) is 33.9 Å². The SMILES string of the molecule is O=C(O)c1ccc(NC(=O)C2c3cccnc3CCN2C(=O)/C=C/c2cc(Cl)ccc2N2C=NNN2)cc1. The molecule has 12 heteroatoms. The first kappa shape index (κ1) is 24.9. The summed E-state index contributed by atoms with van der Waals surface area (Å²) in [6, 6.07) is 13.6. The largest absolute Gasteiger partial charge is 0.478 e. The average molecular weight is 532 g/mol. The first-order chi connectivity index (χ1) is 18.4. The number of anilines is 2. The van der Waals surface area contributed by atoms with Crippen molar-refractivity contribution in [3.05, 3.63) is 94.3 Å². The van der Waals surface area contributed by atoms with Gasteiger partial charge in [0.2, 0.25) is 5.91 Å². The zero-order valence-corrected chi connectivity index (χ0v) is 20.6. The van der Waals surface area contributed by atoms with E-state index >= 15 is 0 Å². The molecule has 1 unspecified atom stereocenters. The highest BCUT2D eigenvalue weighted by molar-refractivity contribution is 6.30. The molecule has 192 valence electrons. The summed E-state index contributed by atoms with van der Waals surface area (Å²) in [5.74, 6) is -1.87. The van der Waals surface area contributed by atoms with Gasteiger partial charge in [0, 0.05) is 52.8 Å². The van der Waals surface area contributed by atoms with Gasteiger partial charge in [-0.05, 0) is 54.6 Å². The number of pyridine rings is 1. The number of amides is 2. The maximum Gasteiger partial charge on any atom is 0.335 e. The molecule has 1 aromatic heterocycles. The third kappa shape index (κ3) is 5.19. The Morgan fingerprint density at radius 3 is 2.68 bits per heavy atom. The highest BCUT2D eigenvalue weighted by Crippen LogP contribution is 2.31. The molecule has 0 bridgehead atoms. The number of hydrazone groups is 1. The molecule has 1 atom stereocenters. The quantitative estimate of drug-likeness (QED) is 0.356. The number of fused-ring (bicyclic) bond motifs is 1. The van der Waals surface area contributed by atoms with Gasteiger partial charge in [0.1, 0.15) is 12.4 Å². The molecule has 0 saturated heterocycles. The van der Waals surface area contributed by atoms with Gasteiger partial charge >= 0.3 is 5.97 Å². The number of hydrazine groups is 2. The Morgan fingerprint density at radius 2 is 1.95 bits per heavy atom. The molecule has 3 heterocycles. The molecular weight excluding hydrogens is 510 g/mol. The number of hydrogen-bond donors (Lipinski definition) is 4. The van der Waals surface area contributed by atoms with Crippen molar-refractivity contribution in [1.82, 2.24) is 21.0 Å². The smallest absolute Gasteiger partial charge is 0.335 e. The Labute approximate surface area is 222 Å². The van der Waals surface area contributed by atoms with Crippen molar-refractivity contribution >= 4 is 53.2 Å². The molecule has 3 aromatic rings. The molecule has 0 aliphatic carbocycles. The van der Waals surface area contributed by atoms with Crippen LogP contribution in [0.2, 0.25) is 5.02 Å². The lowest BCUT2D eigenvalue weighted by Gasteiger charge is -2.35. The zero-order valence-electron chi connectivity index (χ0n) is 19.8. The van der Waals surface area contributed by atoms with Crippen LogP contribution in [0.15, 0.2) is 72.0 Å². The first-order valence-corrected chi connectivity index (χ1v) is 12.0. The number of nitrogens with one attached hydrogen (secondary N) is 3. The molecule has 5 rings (SSSR count). The lowest BCUT2D eigenvalue weighted by Crippen LogP contribution is -2.45. The Kier molecular flexibility index (Phi) is 7.03. The van der Waals surface area contributed by atoms with Gasteiger partial charge in [-0.2, -0.15) is 5.10 Å². The van der Waals surface area contributed by atoms with Crippen molar-refractivity contribution in [3.8, 4) is 0 Å². The number of rotatable bonds is 6. The lowest BCUT2D eigenvalue weighted by molar-refractivity contribution is -0.135. The minimum absolute atomic E-state index is 0.101. The van der Waals surface area contributed by atoms with E-state index in [0.717, 1.165) is 5.69 Å². The maximum atomic E-state index is 13.5. The molecule has 0 spiro atoms. The van der Waals surface area contributed by atoms with Crippen LogP contribution >= 0.6 is 11.6 Å². The van der Waals surface area contributed by atoms with E-state index in [4.69, 9.17) is 16.7 Å². The first-order valence-electron chi connectivity index (χ1n) is 11.6. The summed E-state index contributed by atoms with van der Waals surface area (Å²) in [5.41, 5.74) is 8.72. The second kappa shape index (κ2) is 10.7. The minimum Gasteiger partial charge on any atom is -0.478 e. The van der Waals surface area contributed by atoms with Crippen LogP contribution in [-0.4, -0.2) is 45.7 Å². The van der Waals surface area contributed by atoms with Crippen LogP contribution in [-0.2, 0) is 16.0 Å². The third-order valence-corrected chi connectivity index (χ3v) is 6.35. The van der Waals surface area contributed by atoms with Crippen LogP contribution in [0, 0.1) is 0 Å². The van der Waals surface area contributed by atoms with Crippen LogP contribution in [0.3, 0.4) is 0 Å². The van der Waals surface area contributed by atoms with Gasteiger partial charge in [0.05, 0.1) is 11.3 Å². The van der Waals surface area contributed by atoms with Crippen molar-refractivity contribution in [3.63, 3.8) is 0 Å². The van der Waals surface area contributed by atoms with Crippen molar-refractivity contribution in [2.45, 2.75) is 12.5 Å². The van der Waals surface area contributed by atoms with Gasteiger partial charge in [0.25, 0.3) is 5.91 Å². The number of aromatic carboxylic acids is 1. The van der Waals surface area contributed by atoms with Crippen LogP contribution in [0.1, 0.15) is 33.2 Å². The second-order valence-corrected chi connectivity index (χ2v) is 8.91. The van der Waals surface area contributed by atoms with Gasteiger partial charge in [0.15, 0.2) is 0 Å². The van der Waals surface area contributed by atoms with E-state index in [1.165, 1.54) is 35.2 Å². The van der Waals surface area contributed by atoms with Crippen LogP contribution in [0.25, 0.3) is 6.08 Å². The van der Waals surface area contributed by atoms with E-state index < -0.39 is 17.9 Å². The van der Waals surface area contributed by atoms with E-state index in [2.05, 4.69) is 26.5 Å². The average Bonchev–Trinajstić information content (AvgIpc) is 3.46. The molecule has 2 amide bonds. The summed E-state index contributed by atoms with van der Waals surface area (Å²) in [6.45, 7) is 0.288. The number of carboxylic acids is 1. The number of aromatic nitrogens is 1. The summed E-state index contributed by atoms with van der Waals surface area (Å²) in [6.07, 6.45) is 6.73. The predicted molar refractivity (Wildman–Crippen MR) is 142 cm³/mol. The Bertz CT molecular complexity index is 1460. The van der Waals surface area contributed by atoms with E-state index in [1.54, 1.807) is 54.0 Å². The normalized spacial score (nSPS) is 16.3. The Hall–Kier alpha value is -4.74. The number of carboxylic acid groups (broad SMARTS) is 1. The molecule has 0 radical (unpaired) electrons. The van der Waals surface area contributed by atoms with Crippen molar-refractivity contribution in [2.75, 3.05) is 16.9 Å². The number of benzene rings is 2. The summed E-state index contributed by atoms with van der Waals surface area (Å²) in [4.78, 5) is 44.0. The number of carbonyl (C=O) groups excluding carboxylic acids is 2. The van der Waals surface area contributed by atoms with Gasteiger partial charge in [-0.3, -0.25) is 14.6 Å². The number of nitrogens with zero attached hydrogens (tertiary/aromatic N) is 4. The van der Waals surface area contributed by atoms with Crippen molar-refractivity contribution < 1.29 is 19.5 Å². The van der Waals surface area contributed by atoms with Gasteiger partial charge in [-0.15, -0.1) is 5.53 Å². The van der Waals surface area contributed by atoms with Crippen LogP contribution in [0.4, 0.5) is 11.4 Å². The van der Waals surface area contributed by atoms with Gasteiger partial charge < -0.3 is 15.3 Å². The molecule has 2 aromatic carbocycles. The Balaban J connectivity index is 1.42. The molecule has 2 aliphatic rings. The molecule has 11 nitrogen and oxygen atoms in total. The fourth-order valence-electron chi connectivity index (χ4n) is 4.31. The molecule has 2 aliphatic heterocycles. The lowest BCUT2D eigenvalue weighted by atomic mass is 9.95.